The van der Waals surface area contributed by atoms with Crippen LogP contribution in [0.3, 0.4) is 0 Å². The van der Waals surface area contributed by atoms with Crippen molar-refractivity contribution in [3.63, 3.8) is 0 Å². The monoisotopic (exact) mass is 279 g/mol. The Bertz CT molecular complexity index is 523. The highest BCUT2D eigenvalue weighted by Crippen LogP contribution is 2.37. The molecule has 7 nitrogen and oxygen atoms in total. The van der Waals surface area contributed by atoms with Gasteiger partial charge in [-0.2, -0.15) is 0 Å². The van der Waals surface area contributed by atoms with Gasteiger partial charge in [0.25, 0.3) is 5.91 Å². The lowest BCUT2D eigenvalue weighted by molar-refractivity contribution is -0.402. The molecule has 3 heterocycles. The average Bonchev–Trinajstić information content (AvgIpc) is 3.08. The van der Waals surface area contributed by atoms with Gasteiger partial charge in [0.1, 0.15) is 4.92 Å². The molecule has 0 saturated carbocycles. The first-order chi connectivity index (χ1) is 9.60. The van der Waals surface area contributed by atoms with Crippen LogP contribution in [0.5, 0.6) is 0 Å². The van der Waals surface area contributed by atoms with E-state index in [9.17, 15) is 14.9 Å². The van der Waals surface area contributed by atoms with Gasteiger partial charge in [-0.3, -0.25) is 14.9 Å². The molecule has 1 N–H and O–H groups in total. The highest BCUT2D eigenvalue weighted by atomic mass is 16.6. The number of rotatable bonds is 2. The van der Waals surface area contributed by atoms with E-state index >= 15 is 0 Å². The number of nitro groups is 1. The first kappa shape index (κ1) is 13.1. The minimum atomic E-state index is -0.633. The summed E-state index contributed by atoms with van der Waals surface area (Å²) in [6.07, 6.45) is 3.13. The molecule has 2 aliphatic heterocycles. The van der Waals surface area contributed by atoms with Crippen LogP contribution in [0.1, 0.15) is 29.8 Å². The Morgan fingerprint density at radius 1 is 1.35 bits per heavy atom. The predicted molar refractivity (Wildman–Crippen MR) is 70.4 cm³/mol. The summed E-state index contributed by atoms with van der Waals surface area (Å²) < 4.78 is 4.97. The van der Waals surface area contributed by atoms with Crippen molar-refractivity contribution in [2.75, 3.05) is 26.2 Å². The molecule has 0 aliphatic carbocycles. The summed E-state index contributed by atoms with van der Waals surface area (Å²) in [6.45, 7) is 3.46. The highest BCUT2D eigenvalue weighted by molar-refractivity contribution is 5.91. The van der Waals surface area contributed by atoms with E-state index < -0.39 is 4.92 Å². The van der Waals surface area contributed by atoms with Crippen LogP contribution < -0.4 is 5.32 Å². The maximum Gasteiger partial charge on any atom is 0.433 e. The standard InChI is InChI=1S/C13H17N3O4/c17-12(10-1-2-11(20-10)16(18)19)15-7-4-13(5-8-15)3-6-14-9-13/h1-2,14H,3-9H2. The van der Waals surface area contributed by atoms with Crippen LogP contribution in [0.25, 0.3) is 0 Å². The van der Waals surface area contributed by atoms with Gasteiger partial charge in [-0.05, 0) is 37.3 Å². The predicted octanol–water partition coefficient (Wildman–Crippen LogP) is 1.40. The van der Waals surface area contributed by atoms with E-state index in [1.807, 2.05) is 0 Å². The van der Waals surface area contributed by atoms with Crippen molar-refractivity contribution in [1.82, 2.24) is 10.2 Å². The highest BCUT2D eigenvalue weighted by Gasteiger charge is 2.38. The van der Waals surface area contributed by atoms with Gasteiger partial charge in [-0.15, -0.1) is 0 Å². The summed E-state index contributed by atoms with van der Waals surface area (Å²) in [7, 11) is 0. The Morgan fingerprint density at radius 3 is 2.65 bits per heavy atom. The molecule has 2 aliphatic rings. The van der Waals surface area contributed by atoms with E-state index in [0.717, 1.165) is 25.9 Å². The first-order valence-corrected chi connectivity index (χ1v) is 6.84. The van der Waals surface area contributed by atoms with Crippen LogP contribution >= 0.6 is 0 Å². The SMILES string of the molecule is O=C(c1ccc([N+](=O)[O-])o1)N1CCC2(CCNC2)CC1. The van der Waals surface area contributed by atoms with Crippen molar-refractivity contribution in [2.45, 2.75) is 19.3 Å². The summed E-state index contributed by atoms with van der Waals surface area (Å²) in [5.41, 5.74) is 0.339. The van der Waals surface area contributed by atoms with Crippen molar-refractivity contribution in [3.05, 3.63) is 28.0 Å². The molecular formula is C13H17N3O4. The van der Waals surface area contributed by atoms with Crippen LogP contribution in [0, 0.1) is 15.5 Å². The van der Waals surface area contributed by atoms with Crippen LogP contribution in [-0.4, -0.2) is 41.9 Å². The van der Waals surface area contributed by atoms with Gasteiger partial charge >= 0.3 is 5.88 Å². The molecule has 7 heteroatoms. The fraction of sp³-hybridized carbons (Fsp3) is 0.615. The third-order valence-corrected chi connectivity index (χ3v) is 4.43. The van der Waals surface area contributed by atoms with Crippen molar-refractivity contribution in [2.24, 2.45) is 5.41 Å². The molecule has 1 spiro atoms. The Kier molecular flexibility index (Phi) is 3.21. The second-order valence-corrected chi connectivity index (χ2v) is 5.61. The molecule has 2 saturated heterocycles. The number of nitrogens with zero attached hydrogens (tertiary/aromatic N) is 2. The molecule has 0 bridgehead atoms. The van der Waals surface area contributed by atoms with Crippen molar-refractivity contribution in [1.29, 1.82) is 0 Å². The number of likely N-dealkylation sites (tertiary alicyclic amines) is 1. The number of nitrogens with one attached hydrogen (secondary N) is 1. The molecule has 1 amide bonds. The van der Waals surface area contributed by atoms with Crippen LogP contribution in [0.4, 0.5) is 5.88 Å². The van der Waals surface area contributed by atoms with E-state index in [-0.39, 0.29) is 17.6 Å². The number of amides is 1. The normalized spacial score (nSPS) is 21.3. The van der Waals surface area contributed by atoms with Gasteiger partial charge in [0, 0.05) is 19.6 Å². The smallest absolute Gasteiger partial charge is 0.395 e. The Morgan fingerprint density at radius 2 is 2.10 bits per heavy atom. The lowest BCUT2D eigenvalue weighted by Gasteiger charge is -2.38. The summed E-state index contributed by atoms with van der Waals surface area (Å²) in [6, 6.07) is 2.60. The number of hydrogen-bond acceptors (Lipinski definition) is 5. The van der Waals surface area contributed by atoms with Crippen LogP contribution in [-0.2, 0) is 0 Å². The van der Waals surface area contributed by atoms with Gasteiger partial charge < -0.3 is 14.6 Å². The molecule has 1 aromatic heterocycles. The summed E-state index contributed by atoms with van der Waals surface area (Å²) in [5, 5.41) is 13.9. The second kappa shape index (κ2) is 4.90. The molecular weight excluding hydrogens is 262 g/mol. The molecule has 20 heavy (non-hydrogen) atoms. The van der Waals surface area contributed by atoms with E-state index in [4.69, 9.17) is 4.42 Å². The average molecular weight is 279 g/mol. The Labute approximate surface area is 116 Å². The van der Waals surface area contributed by atoms with Gasteiger partial charge in [0.15, 0.2) is 5.76 Å². The lowest BCUT2D eigenvalue weighted by atomic mass is 9.78. The van der Waals surface area contributed by atoms with Crippen molar-refractivity contribution < 1.29 is 14.1 Å². The maximum absolute atomic E-state index is 12.2. The molecule has 3 rings (SSSR count). The zero-order chi connectivity index (χ0) is 14.2. The number of furan rings is 1. The molecule has 0 unspecified atom stereocenters. The van der Waals surface area contributed by atoms with Crippen LogP contribution in [0.2, 0.25) is 0 Å². The number of carbonyl (C=O) groups is 1. The van der Waals surface area contributed by atoms with Crippen LogP contribution in [0.15, 0.2) is 16.5 Å². The number of carbonyl (C=O) groups excluding carboxylic acids is 1. The molecule has 0 radical (unpaired) electrons. The second-order valence-electron chi connectivity index (χ2n) is 5.61. The van der Waals surface area contributed by atoms with Gasteiger partial charge in [-0.25, -0.2) is 0 Å². The fourth-order valence-electron chi connectivity index (χ4n) is 3.10. The van der Waals surface area contributed by atoms with E-state index in [2.05, 4.69) is 5.32 Å². The minimum Gasteiger partial charge on any atom is -0.395 e. The van der Waals surface area contributed by atoms with Crippen molar-refractivity contribution >= 4 is 11.8 Å². The zero-order valence-corrected chi connectivity index (χ0v) is 11.1. The van der Waals surface area contributed by atoms with Crippen molar-refractivity contribution in [3.8, 4) is 0 Å². The van der Waals surface area contributed by atoms with E-state index in [0.29, 0.717) is 18.5 Å². The first-order valence-electron chi connectivity index (χ1n) is 6.84. The Balaban J connectivity index is 1.65. The zero-order valence-electron chi connectivity index (χ0n) is 11.1. The largest absolute Gasteiger partial charge is 0.433 e. The van der Waals surface area contributed by atoms with Gasteiger partial charge in [-0.1, -0.05) is 0 Å². The molecule has 108 valence electrons. The quantitative estimate of drug-likeness (QED) is 0.653. The number of hydrogen-bond donors (Lipinski definition) is 1. The molecule has 1 aromatic rings. The third-order valence-electron chi connectivity index (χ3n) is 4.43. The maximum atomic E-state index is 12.2. The summed E-state index contributed by atoms with van der Waals surface area (Å²) in [5.74, 6) is -0.585. The third kappa shape index (κ3) is 2.29. The lowest BCUT2D eigenvalue weighted by Crippen LogP contribution is -2.43. The Hall–Kier alpha value is -1.89. The van der Waals surface area contributed by atoms with E-state index in [1.165, 1.54) is 18.6 Å². The summed E-state index contributed by atoms with van der Waals surface area (Å²) in [4.78, 5) is 23.9. The van der Waals surface area contributed by atoms with Gasteiger partial charge in [0.05, 0.1) is 6.07 Å². The minimum absolute atomic E-state index is 0.0530. The number of piperidine rings is 1. The molecule has 0 aromatic carbocycles. The van der Waals surface area contributed by atoms with E-state index in [1.54, 1.807) is 4.90 Å². The van der Waals surface area contributed by atoms with Gasteiger partial charge in [0.2, 0.25) is 0 Å². The summed E-state index contributed by atoms with van der Waals surface area (Å²) >= 11 is 0. The molecule has 2 fully saturated rings. The molecule has 0 atom stereocenters. The topological polar surface area (TPSA) is 88.6 Å². The fourth-order valence-corrected chi connectivity index (χ4v) is 3.10.